The van der Waals surface area contributed by atoms with Crippen molar-refractivity contribution in [1.29, 1.82) is 0 Å². The summed E-state index contributed by atoms with van der Waals surface area (Å²) in [6.07, 6.45) is 1.09. The summed E-state index contributed by atoms with van der Waals surface area (Å²) >= 11 is 0. The van der Waals surface area contributed by atoms with E-state index in [-0.39, 0.29) is 23.1 Å². The average molecular weight is 331 g/mol. The quantitative estimate of drug-likeness (QED) is 0.786. The van der Waals surface area contributed by atoms with Gasteiger partial charge >= 0.3 is 6.61 Å². The molecule has 3 rings (SSSR count). The van der Waals surface area contributed by atoms with E-state index in [4.69, 9.17) is 0 Å². The van der Waals surface area contributed by atoms with Crippen LogP contribution >= 0.6 is 0 Å². The normalized spacial score (nSPS) is 17.4. The number of anilines is 1. The van der Waals surface area contributed by atoms with Crippen molar-refractivity contribution in [2.45, 2.75) is 19.0 Å². The van der Waals surface area contributed by atoms with Gasteiger partial charge in [0.1, 0.15) is 5.75 Å². The van der Waals surface area contributed by atoms with Gasteiger partial charge in [0.05, 0.1) is 11.5 Å². The number of amides is 1. The van der Waals surface area contributed by atoms with Crippen LogP contribution in [-0.2, 0) is 4.79 Å². The lowest BCUT2D eigenvalue weighted by molar-refractivity contribution is -0.118. The Labute approximate surface area is 137 Å². The van der Waals surface area contributed by atoms with Crippen LogP contribution in [0.3, 0.4) is 0 Å². The molecular weight excluding hydrogens is 316 g/mol. The first-order chi connectivity index (χ1) is 11.6. The fraction of sp³-hybridized carbons (Fsp3) is 0.222. The number of nitrogens with zero attached hydrogens (tertiary/aromatic N) is 1. The van der Waals surface area contributed by atoms with E-state index >= 15 is 0 Å². The van der Waals surface area contributed by atoms with Crippen molar-refractivity contribution in [1.82, 2.24) is 0 Å². The molecule has 1 saturated heterocycles. The Balaban J connectivity index is 1.87. The lowest BCUT2D eigenvalue weighted by Crippen LogP contribution is -2.26. The Hall–Kier alpha value is -2.76. The third-order valence-electron chi connectivity index (χ3n) is 4.06. The third kappa shape index (κ3) is 3.13. The number of carbonyl (C=O) groups is 2. The summed E-state index contributed by atoms with van der Waals surface area (Å²) in [5.41, 5.74) is 1.39. The van der Waals surface area contributed by atoms with Gasteiger partial charge in [0, 0.05) is 18.3 Å². The molecule has 124 valence electrons. The van der Waals surface area contributed by atoms with Crippen molar-refractivity contribution in [3.8, 4) is 5.75 Å². The zero-order chi connectivity index (χ0) is 17.1. The Bertz CT molecular complexity index is 749. The monoisotopic (exact) mass is 331 g/mol. The number of hydrogen-bond donors (Lipinski definition) is 0. The molecule has 0 spiro atoms. The number of aldehydes is 1. The van der Waals surface area contributed by atoms with Gasteiger partial charge in [-0.05, 0) is 24.1 Å². The Morgan fingerprint density at radius 2 is 1.92 bits per heavy atom. The molecule has 0 saturated carbocycles. The highest BCUT2D eigenvalue weighted by atomic mass is 19.3. The fourth-order valence-electron chi connectivity index (χ4n) is 2.92. The summed E-state index contributed by atoms with van der Waals surface area (Å²) in [6, 6.07) is 13.7. The summed E-state index contributed by atoms with van der Waals surface area (Å²) in [7, 11) is 0. The van der Waals surface area contributed by atoms with Gasteiger partial charge < -0.3 is 9.64 Å². The number of hydrogen-bond acceptors (Lipinski definition) is 3. The molecule has 0 aliphatic carbocycles. The maximum absolute atomic E-state index is 12.7. The second-order valence-electron chi connectivity index (χ2n) is 5.46. The highest BCUT2D eigenvalue weighted by Gasteiger charge is 2.33. The van der Waals surface area contributed by atoms with Crippen molar-refractivity contribution in [3.63, 3.8) is 0 Å². The first-order valence-corrected chi connectivity index (χ1v) is 7.50. The van der Waals surface area contributed by atoms with Crippen LogP contribution in [-0.4, -0.2) is 25.3 Å². The van der Waals surface area contributed by atoms with Crippen LogP contribution in [0.15, 0.2) is 48.5 Å². The van der Waals surface area contributed by atoms with Gasteiger partial charge in [0.25, 0.3) is 0 Å². The minimum atomic E-state index is -3.04. The second kappa shape index (κ2) is 6.78. The van der Waals surface area contributed by atoms with Crippen molar-refractivity contribution in [3.05, 3.63) is 59.7 Å². The average Bonchev–Trinajstić information content (AvgIpc) is 2.96. The molecule has 1 aliphatic rings. The van der Waals surface area contributed by atoms with Crippen LogP contribution in [0.25, 0.3) is 0 Å². The summed E-state index contributed by atoms with van der Waals surface area (Å²) in [5.74, 6) is -0.576. The lowest BCUT2D eigenvalue weighted by atomic mass is 9.98. The molecule has 0 radical (unpaired) electrons. The largest absolute Gasteiger partial charge is 0.434 e. The highest BCUT2D eigenvalue weighted by molar-refractivity contribution is 6.00. The molecule has 1 heterocycles. The van der Waals surface area contributed by atoms with Crippen molar-refractivity contribution in [2.24, 2.45) is 0 Å². The summed E-state index contributed by atoms with van der Waals surface area (Å²) in [5, 5.41) is 0. The summed E-state index contributed by atoms with van der Waals surface area (Å²) in [4.78, 5) is 25.1. The highest BCUT2D eigenvalue weighted by Crippen LogP contribution is 2.34. The van der Waals surface area contributed by atoms with Gasteiger partial charge in [-0.1, -0.05) is 30.3 Å². The number of halogens is 2. The number of ether oxygens (including phenoxy) is 1. The minimum Gasteiger partial charge on any atom is -0.434 e. The molecule has 2 aromatic carbocycles. The molecule has 1 amide bonds. The van der Waals surface area contributed by atoms with Gasteiger partial charge in [-0.25, -0.2) is 0 Å². The molecule has 1 unspecified atom stereocenters. The van der Waals surface area contributed by atoms with Crippen molar-refractivity contribution in [2.75, 3.05) is 11.4 Å². The fourth-order valence-corrected chi connectivity index (χ4v) is 2.92. The minimum absolute atomic E-state index is 0.0188. The van der Waals surface area contributed by atoms with Gasteiger partial charge in [-0.2, -0.15) is 8.78 Å². The Morgan fingerprint density at radius 3 is 2.58 bits per heavy atom. The van der Waals surface area contributed by atoms with E-state index in [0.717, 1.165) is 5.56 Å². The van der Waals surface area contributed by atoms with Crippen LogP contribution in [0.5, 0.6) is 5.75 Å². The van der Waals surface area contributed by atoms with Crippen LogP contribution in [0, 0.1) is 0 Å². The zero-order valence-corrected chi connectivity index (χ0v) is 12.7. The van der Waals surface area contributed by atoms with Gasteiger partial charge in [-0.15, -0.1) is 0 Å². The van der Waals surface area contributed by atoms with Crippen molar-refractivity contribution < 1.29 is 23.1 Å². The van der Waals surface area contributed by atoms with E-state index in [2.05, 4.69) is 4.74 Å². The van der Waals surface area contributed by atoms with Gasteiger partial charge in [-0.3, -0.25) is 9.59 Å². The van der Waals surface area contributed by atoms with E-state index in [1.54, 1.807) is 6.07 Å². The second-order valence-corrected chi connectivity index (χ2v) is 5.46. The summed E-state index contributed by atoms with van der Waals surface area (Å²) in [6.45, 7) is -2.56. The topological polar surface area (TPSA) is 46.6 Å². The first kappa shape index (κ1) is 16.1. The lowest BCUT2D eigenvalue weighted by Gasteiger charge is -2.18. The number of rotatable bonds is 5. The smallest absolute Gasteiger partial charge is 0.387 e. The van der Waals surface area contributed by atoms with Crippen LogP contribution in [0.2, 0.25) is 0 Å². The SMILES string of the molecule is O=Cc1ccc(N2CCC(c3ccccc3)C2=O)cc1OC(F)F. The van der Waals surface area contributed by atoms with E-state index in [9.17, 15) is 18.4 Å². The van der Waals surface area contributed by atoms with Gasteiger partial charge in [0.2, 0.25) is 5.91 Å². The predicted molar refractivity (Wildman–Crippen MR) is 84.6 cm³/mol. The van der Waals surface area contributed by atoms with E-state index in [1.165, 1.54) is 17.0 Å². The standard InChI is InChI=1S/C18H15F2NO3/c19-18(20)24-16-10-14(7-6-13(16)11-22)21-9-8-15(17(21)23)12-4-2-1-3-5-12/h1-7,10-11,15,18H,8-9H2. The molecule has 1 aliphatic heterocycles. The number of carbonyl (C=O) groups excluding carboxylic acids is 2. The van der Waals surface area contributed by atoms with E-state index < -0.39 is 6.61 Å². The molecular formula is C18H15F2NO3. The Morgan fingerprint density at radius 1 is 1.17 bits per heavy atom. The molecule has 0 bridgehead atoms. The molecule has 1 fully saturated rings. The maximum Gasteiger partial charge on any atom is 0.387 e. The number of benzene rings is 2. The van der Waals surface area contributed by atoms with Crippen LogP contribution in [0.4, 0.5) is 14.5 Å². The molecule has 0 aromatic heterocycles. The van der Waals surface area contributed by atoms with Gasteiger partial charge in [0.15, 0.2) is 6.29 Å². The zero-order valence-electron chi connectivity index (χ0n) is 12.7. The first-order valence-electron chi connectivity index (χ1n) is 7.50. The summed E-state index contributed by atoms with van der Waals surface area (Å²) < 4.78 is 29.4. The van der Waals surface area contributed by atoms with E-state index in [0.29, 0.717) is 24.9 Å². The number of alkyl halides is 2. The molecule has 1 atom stereocenters. The molecule has 4 nitrogen and oxygen atoms in total. The molecule has 0 N–H and O–H groups in total. The predicted octanol–water partition coefficient (Wildman–Crippen LogP) is 3.62. The molecule has 6 heteroatoms. The van der Waals surface area contributed by atoms with Crippen LogP contribution < -0.4 is 9.64 Å². The van der Waals surface area contributed by atoms with E-state index in [1.807, 2.05) is 30.3 Å². The van der Waals surface area contributed by atoms with Crippen molar-refractivity contribution >= 4 is 17.9 Å². The maximum atomic E-state index is 12.7. The molecule has 24 heavy (non-hydrogen) atoms. The third-order valence-corrected chi connectivity index (χ3v) is 4.06. The Kier molecular flexibility index (Phi) is 4.55. The molecule has 2 aromatic rings. The van der Waals surface area contributed by atoms with Crippen LogP contribution in [0.1, 0.15) is 28.3 Å².